The minimum absolute atomic E-state index is 0.926. The summed E-state index contributed by atoms with van der Waals surface area (Å²) in [5.74, 6) is 13.2. The first-order chi connectivity index (χ1) is 29.8. The van der Waals surface area contributed by atoms with Gasteiger partial charge in [0.1, 0.15) is 0 Å². The molecule has 10 atom stereocenters. The Bertz CT molecular complexity index is 1270. The maximum Gasteiger partial charge on any atom is 0.0101 e. The summed E-state index contributed by atoms with van der Waals surface area (Å²) in [4.78, 5) is 6.60. The first-order valence-electron chi connectivity index (χ1n) is 29.3. The second kappa shape index (κ2) is 19.8. The zero-order valence-corrected chi connectivity index (χ0v) is 39.6. The van der Waals surface area contributed by atoms with Crippen LogP contribution in [-0.2, 0) is 0 Å². The van der Waals surface area contributed by atoms with E-state index in [1.165, 1.54) is 128 Å². The maximum atomic E-state index is 3.31. The molecule has 0 radical (unpaired) electrons. The third kappa shape index (κ3) is 8.69. The molecule has 11 rings (SSSR count). The predicted octanol–water partition coefficient (Wildman–Crippen LogP) is 15.9. The van der Waals surface area contributed by atoms with Crippen LogP contribution in [0, 0.1) is 71.0 Å². The van der Waals surface area contributed by atoms with Crippen LogP contribution in [0.25, 0.3) is 0 Å². The van der Waals surface area contributed by atoms with E-state index in [0.29, 0.717) is 0 Å². The Morgan fingerprint density at radius 2 is 0.567 bits per heavy atom. The van der Waals surface area contributed by atoms with Crippen molar-refractivity contribution in [3.8, 4) is 0 Å². The second-order valence-corrected chi connectivity index (χ2v) is 25.5. The topological polar surface area (TPSA) is 6.48 Å². The smallest absolute Gasteiger partial charge is 0.0101 e. The number of fused-ring (bicyclic) bond motifs is 6. The van der Waals surface area contributed by atoms with Crippen molar-refractivity contribution in [2.45, 2.75) is 293 Å². The molecule has 0 bridgehead atoms. The average Bonchev–Trinajstić information content (AvgIpc) is 3.33. The molecule has 0 aromatic carbocycles. The van der Waals surface area contributed by atoms with Crippen molar-refractivity contribution >= 4 is 0 Å². The van der Waals surface area contributed by atoms with Crippen molar-refractivity contribution in [1.82, 2.24) is 9.80 Å². The monoisotopic (exact) mass is 823 g/mol. The molecule has 0 amide bonds. The molecule has 340 valence electrons. The van der Waals surface area contributed by atoms with Gasteiger partial charge in [-0.3, -0.25) is 9.80 Å². The highest BCUT2D eigenvalue weighted by atomic mass is 15.2. The van der Waals surface area contributed by atoms with E-state index in [1.807, 2.05) is 0 Å². The van der Waals surface area contributed by atoms with E-state index in [1.54, 1.807) is 128 Å². The fraction of sp³-hybridized carbons (Fsp3) is 1.00. The van der Waals surface area contributed by atoms with Crippen LogP contribution in [-0.4, -0.2) is 46.1 Å². The predicted molar refractivity (Wildman–Crippen MR) is 253 cm³/mol. The second-order valence-electron chi connectivity index (χ2n) is 25.5. The fourth-order valence-electron chi connectivity index (χ4n) is 20.7. The van der Waals surface area contributed by atoms with Gasteiger partial charge in [0.2, 0.25) is 0 Å². The molecular formula is C58H98N2. The Balaban J connectivity index is 0.857. The summed E-state index contributed by atoms with van der Waals surface area (Å²) in [6.45, 7) is 0. The standard InChI is InChI=1S/C58H98N2/c1-5-19-45(20-6-1)59(46-21-7-2-8-22-46)49-34-29-42(30-35-49)54-39-44-18-14-16-28-52(44)58-56(54)40-55-51-27-15-13-17-41(51)33-38-53(55)57(58)43-31-36-50(37-32-43)60(47-23-9-3-10-24-47)48-25-11-4-12-26-48/h41-58H,1-40H2. The lowest BCUT2D eigenvalue weighted by Crippen LogP contribution is -2.58. The minimum Gasteiger partial charge on any atom is -0.294 e. The van der Waals surface area contributed by atoms with E-state index < -0.39 is 0 Å². The normalized spacial score (nSPS) is 45.7. The van der Waals surface area contributed by atoms with Crippen LogP contribution in [0.5, 0.6) is 0 Å². The molecule has 2 heteroatoms. The van der Waals surface area contributed by atoms with E-state index in [9.17, 15) is 0 Å². The molecule has 0 aromatic heterocycles. The first kappa shape index (κ1) is 42.5. The van der Waals surface area contributed by atoms with Gasteiger partial charge in [0, 0.05) is 36.3 Å². The van der Waals surface area contributed by atoms with Gasteiger partial charge in [-0.1, -0.05) is 116 Å². The molecule has 11 aliphatic rings. The van der Waals surface area contributed by atoms with Crippen molar-refractivity contribution in [1.29, 1.82) is 0 Å². The van der Waals surface area contributed by atoms with Gasteiger partial charge < -0.3 is 0 Å². The van der Waals surface area contributed by atoms with Gasteiger partial charge in [0.25, 0.3) is 0 Å². The SMILES string of the molecule is C1CCC(N(C2CCCCC2)C2CCC(C3CC4CCCCC4C4C3CC3C5CCCCC5CCC3C4C3CCC(N(C4CCCCC4)C4CCCCC4)CC3)CC2)CC1. The lowest BCUT2D eigenvalue weighted by molar-refractivity contribution is -0.156. The Labute approximate surface area is 372 Å². The summed E-state index contributed by atoms with van der Waals surface area (Å²) < 4.78 is 0. The van der Waals surface area contributed by atoms with E-state index >= 15 is 0 Å². The van der Waals surface area contributed by atoms with Crippen molar-refractivity contribution in [3.63, 3.8) is 0 Å². The number of nitrogens with zero attached hydrogens (tertiary/aromatic N) is 2. The van der Waals surface area contributed by atoms with Crippen LogP contribution < -0.4 is 0 Å². The summed E-state index contributed by atoms with van der Waals surface area (Å²) in [7, 11) is 0. The first-order valence-corrected chi connectivity index (χ1v) is 29.3. The minimum atomic E-state index is 0.926. The largest absolute Gasteiger partial charge is 0.294 e. The summed E-state index contributed by atoms with van der Waals surface area (Å²) in [5.41, 5.74) is 0. The van der Waals surface area contributed by atoms with Crippen molar-refractivity contribution in [3.05, 3.63) is 0 Å². The zero-order valence-electron chi connectivity index (χ0n) is 39.6. The molecule has 11 fully saturated rings. The highest BCUT2D eigenvalue weighted by Gasteiger charge is 2.60. The third-order valence-electron chi connectivity index (χ3n) is 23.0. The van der Waals surface area contributed by atoms with Gasteiger partial charge in [-0.2, -0.15) is 0 Å². The van der Waals surface area contributed by atoms with Gasteiger partial charge in [-0.15, -0.1) is 0 Å². The molecule has 0 N–H and O–H groups in total. The molecule has 10 unspecified atom stereocenters. The highest BCUT2D eigenvalue weighted by molar-refractivity contribution is 5.09. The third-order valence-corrected chi connectivity index (χ3v) is 23.0. The fourth-order valence-corrected chi connectivity index (χ4v) is 20.7. The summed E-state index contributed by atoms with van der Waals surface area (Å²) in [6.07, 6.45) is 62.6. The summed E-state index contributed by atoms with van der Waals surface area (Å²) >= 11 is 0. The molecule has 2 nitrogen and oxygen atoms in total. The molecule has 0 spiro atoms. The van der Waals surface area contributed by atoms with Crippen LogP contribution in [0.1, 0.15) is 257 Å². The Morgan fingerprint density at radius 1 is 0.183 bits per heavy atom. The molecule has 0 aliphatic heterocycles. The molecule has 0 saturated heterocycles. The van der Waals surface area contributed by atoms with E-state index in [0.717, 1.165) is 107 Å². The summed E-state index contributed by atoms with van der Waals surface area (Å²) in [5, 5.41) is 0. The van der Waals surface area contributed by atoms with Crippen molar-refractivity contribution < 1.29 is 0 Å². The molecule has 11 aliphatic carbocycles. The van der Waals surface area contributed by atoms with Crippen LogP contribution >= 0.6 is 0 Å². The van der Waals surface area contributed by atoms with Crippen LogP contribution in [0.3, 0.4) is 0 Å². The average molecular weight is 823 g/mol. The molecule has 0 heterocycles. The van der Waals surface area contributed by atoms with Gasteiger partial charge in [-0.25, -0.2) is 0 Å². The highest BCUT2D eigenvalue weighted by Crippen LogP contribution is 2.67. The van der Waals surface area contributed by atoms with E-state index in [-0.39, 0.29) is 0 Å². The quantitative estimate of drug-likeness (QED) is 0.241. The molecule has 60 heavy (non-hydrogen) atoms. The van der Waals surface area contributed by atoms with Gasteiger partial charge >= 0.3 is 0 Å². The number of hydrogen-bond donors (Lipinski definition) is 0. The lowest BCUT2D eigenvalue weighted by Gasteiger charge is -2.64. The number of rotatable bonds is 8. The summed E-state index contributed by atoms with van der Waals surface area (Å²) in [6, 6.07) is 5.59. The van der Waals surface area contributed by atoms with Gasteiger partial charge in [-0.05, 0) is 212 Å². The zero-order chi connectivity index (χ0) is 39.8. The molecular weight excluding hydrogens is 725 g/mol. The molecule has 11 saturated carbocycles. The van der Waals surface area contributed by atoms with Gasteiger partial charge in [0.05, 0.1) is 0 Å². The lowest BCUT2D eigenvalue weighted by atomic mass is 9.41. The van der Waals surface area contributed by atoms with Crippen molar-refractivity contribution in [2.24, 2.45) is 71.0 Å². The Kier molecular flexibility index (Phi) is 14.0. The maximum absolute atomic E-state index is 3.31. The van der Waals surface area contributed by atoms with Gasteiger partial charge in [0.15, 0.2) is 0 Å². The van der Waals surface area contributed by atoms with Crippen LogP contribution in [0.2, 0.25) is 0 Å². The number of hydrogen-bond acceptors (Lipinski definition) is 2. The molecule has 0 aromatic rings. The Hall–Kier alpha value is -0.0800. The van der Waals surface area contributed by atoms with E-state index in [2.05, 4.69) is 9.80 Å². The van der Waals surface area contributed by atoms with E-state index in [4.69, 9.17) is 0 Å². The van der Waals surface area contributed by atoms with Crippen LogP contribution in [0.4, 0.5) is 0 Å². The Morgan fingerprint density at radius 3 is 1.08 bits per heavy atom. The van der Waals surface area contributed by atoms with Crippen LogP contribution in [0.15, 0.2) is 0 Å². The van der Waals surface area contributed by atoms with Crippen molar-refractivity contribution in [2.75, 3.05) is 0 Å².